The van der Waals surface area contributed by atoms with Crippen LogP contribution in [-0.2, 0) is 17.6 Å². The van der Waals surface area contributed by atoms with E-state index in [9.17, 15) is 4.79 Å². The van der Waals surface area contributed by atoms with E-state index in [-0.39, 0.29) is 5.97 Å². The van der Waals surface area contributed by atoms with Gasteiger partial charge in [0.2, 0.25) is 0 Å². The summed E-state index contributed by atoms with van der Waals surface area (Å²) in [5.74, 6) is 1.02. The van der Waals surface area contributed by atoms with E-state index in [1.54, 1.807) is 6.26 Å². The van der Waals surface area contributed by atoms with Crippen LogP contribution in [0, 0.1) is 0 Å². The molecule has 0 aliphatic heterocycles. The number of rotatable bonds is 4. The summed E-state index contributed by atoms with van der Waals surface area (Å²) in [6.45, 7) is 0. The minimum atomic E-state index is -0.303. The molecule has 4 rings (SSSR count). The van der Waals surface area contributed by atoms with Crippen LogP contribution in [0.25, 0.3) is 11.3 Å². The number of ether oxygens (including phenoxy) is 1. The molecule has 1 aliphatic carbocycles. The molecule has 4 nitrogen and oxygen atoms in total. The van der Waals surface area contributed by atoms with Crippen LogP contribution >= 0.6 is 0 Å². The number of hydrogen-bond acceptors (Lipinski definition) is 3. The number of methoxy groups -OCH3 is 1. The van der Waals surface area contributed by atoms with Gasteiger partial charge >= 0.3 is 5.97 Å². The highest BCUT2D eigenvalue weighted by atomic mass is 16.5. The summed E-state index contributed by atoms with van der Waals surface area (Å²) in [4.78, 5) is 14.9. The molecule has 0 saturated carbocycles. The number of aromatic nitrogens is 1. The quantitative estimate of drug-likeness (QED) is 0.728. The molecular weight excluding hydrogens is 302 g/mol. The van der Waals surface area contributed by atoms with Gasteiger partial charge in [0.05, 0.1) is 13.4 Å². The molecule has 122 valence electrons. The molecule has 0 fully saturated rings. The zero-order chi connectivity index (χ0) is 16.5. The van der Waals surface area contributed by atoms with E-state index in [1.807, 2.05) is 18.2 Å². The molecule has 1 aromatic carbocycles. The van der Waals surface area contributed by atoms with E-state index in [2.05, 4.69) is 29.2 Å². The number of nitrogens with one attached hydrogen (secondary N) is 1. The predicted octanol–water partition coefficient (Wildman–Crippen LogP) is 4.33. The SMILES string of the molecule is COC(=O)c1cc2c([nH]1)CCC2Cc1cccc(-c2ccco2)c1. The molecule has 0 saturated heterocycles. The van der Waals surface area contributed by atoms with Gasteiger partial charge < -0.3 is 14.1 Å². The van der Waals surface area contributed by atoms with Gasteiger partial charge in [-0.2, -0.15) is 0 Å². The lowest BCUT2D eigenvalue weighted by Gasteiger charge is -2.11. The summed E-state index contributed by atoms with van der Waals surface area (Å²) in [5.41, 5.74) is 5.35. The monoisotopic (exact) mass is 321 g/mol. The lowest BCUT2D eigenvalue weighted by Crippen LogP contribution is -2.02. The van der Waals surface area contributed by atoms with Crippen molar-refractivity contribution < 1.29 is 13.9 Å². The van der Waals surface area contributed by atoms with E-state index >= 15 is 0 Å². The molecule has 1 aliphatic rings. The summed E-state index contributed by atoms with van der Waals surface area (Å²) >= 11 is 0. The van der Waals surface area contributed by atoms with Crippen molar-refractivity contribution in [1.29, 1.82) is 0 Å². The van der Waals surface area contributed by atoms with Crippen molar-refractivity contribution in [3.8, 4) is 11.3 Å². The Hall–Kier alpha value is -2.75. The van der Waals surface area contributed by atoms with Crippen LogP contribution in [-0.4, -0.2) is 18.1 Å². The van der Waals surface area contributed by atoms with Crippen molar-refractivity contribution in [2.24, 2.45) is 0 Å². The van der Waals surface area contributed by atoms with Gasteiger partial charge in [0.15, 0.2) is 0 Å². The first-order chi connectivity index (χ1) is 11.7. The number of aryl methyl sites for hydroxylation is 1. The summed E-state index contributed by atoms with van der Waals surface area (Å²) < 4.78 is 10.3. The van der Waals surface area contributed by atoms with Crippen LogP contribution in [0.5, 0.6) is 0 Å². The van der Waals surface area contributed by atoms with Gasteiger partial charge in [0.1, 0.15) is 11.5 Å². The normalized spacial score (nSPS) is 16.1. The van der Waals surface area contributed by atoms with Gasteiger partial charge in [-0.1, -0.05) is 18.2 Å². The lowest BCUT2D eigenvalue weighted by molar-refractivity contribution is 0.0594. The van der Waals surface area contributed by atoms with E-state index in [0.29, 0.717) is 11.6 Å². The first-order valence-electron chi connectivity index (χ1n) is 8.17. The zero-order valence-corrected chi connectivity index (χ0v) is 13.5. The Morgan fingerprint density at radius 3 is 3.00 bits per heavy atom. The highest BCUT2D eigenvalue weighted by molar-refractivity contribution is 5.88. The largest absolute Gasteiger partial charge is 0.464 e. The number of aromatic amines is 1. The van der Waals surface area contributed by atoms with Crippen LogP contribution in [0.2, 0.25) is 0 Å². The van der Waals surface area contributed by atoms with Gasteiger partial charge in [0, 0.05) is 11.3 Å². The third-order valence-electron chi connectivity index (χ3n) is 4.74. The summed E-state index contributed by atoms with van der Waals surface area (Å²) in [6.07, 6.45) is 4.74. The van der Waals surface area contributed by atoms with E-state index in [0.717, 1.165) is 30.6 Å². The number of furan rings is 1. The number of hydrogen-bond donors (Lipinski definition) is 1. The topological polar surface area (TPSA) is 55.2 Å². The maximum atomic E-state index is 11.7. The molecule has 0 spiro atoms. The Labute approximate surface area is 140 Å². The van der Waals surface area contributed by atoms with Gasteiger partial charge in [0.25, 0.3) is 0 Å². The zero-order valence-electron chi connectivity index (χ0n) is 13.5. The predicted molar refractivity (Wildman–Crippen MR) is 91.0 cm³/mol. The molecule has 1 atom stereocenters. The van der Waals surface area contributed by atoms with Gasteiger partial charge in [-0.05, 0) is 60.6 Å². The Morgan fingerprint density at radius 2 is 2.21 bits per heavy atom. The van der Waals surface area contributed by atoms with Gasteiger partial charge in [-0.15, -0.1) is 0 Å². The van der Waals surface area contributed by atoms with Crippen LogP contribution in [0.15, 0.2) is 53.1 Å². The minimum absolute atomic E-state index is 0.303. The number of fused-ring (bicyclic) bond motifs is 1. The Balaban J connectivity index is 1.57. The molecule has 2 heterocycles. The van der Waals surface area contributed by atoms with Crippen LogP contribution in [0.1, 0.15) is 39.6 Å². The molecule has 0 bridgehead atoms. The van der Waals surface area contributed by atoms with Gasteiger partial charge in [-0.3, -0.25) is 0 Å². The maximum absolute atomic E-state index is 11.7. The summed E-state index contributed by atoms with van der Waals surface area (Å²) in [6, 6.07) is 14.3. The first kappa shape index (κ1) is 14.8. The molecule has 0 radical (unpaired) electrons. The first-order valence-corrected chi connectivity index (χ1v) is 8.17. The van der Waals surface area contributed by atoms with Crippen molar-refractivity contribution in [3.63, 3.8) is 0 Å². The van der Waals surface area contributed by atoms with Crippen LogP contribution < -0.4 is 0 Å². The lowest BCUT2D eigenvalue weighted by atomic mass is 9.93. The molecule has 4 heteroatoms. The Morgan fingerprint density at radius 1 is 1.29 bits per heavy atom. The molecule has 3 aromatic rings. The van der Waals surface area contributed by atoms with E-state index in [4.69, 9.17) is 9.15 Å². The fourth-order valence-corrected chi connectivity index (χ4v) is 3.57. The number of carbonyl (C=O) groups excluding carboxylic acids is 1. The Bertz CT molecular complexity index is 861. The van der Waals surface area contributed by atoms with Crippen molar-refractivity contribution in [3.05, 3.63) is 71.2 Å². The molecule has 2 aromatic heterocycles. The number of H-pyrrole nitrogens is 1. The van der Waals surface area contributed by atoms with Crippen molar-refractivity contribution in [1.82, 2.24) is 4.98 Å². The van der Waals surface area contributed by atoms with E-state index < -0.39 is 0 Å². The van der Waals surface area contributed by atoms with Gasteiger partial charge in [-0.25, -0.2) is 4.79 Å². The second kappa shape index (κ2) is 6.04. The van der Waals surface area contributed by atoms with Crippen LogP contribution in [0.4, 0.5) is 0 Å². The second-order valence-corrected chi connectivity index (χ2v) is 6.23. The average molecular weight is 321 g/mol. The Kier molecular flexibility index (Phi) is 3.73. The van der Waals surface area contributed by atoms with Crippen molar-refractivity contribution >= 4 is 5.97 Å². The average Bonchev–Trinajstić information content (AvgIpc) is 3.33. The molecular formula is C20H19NO3. The molecule has 1 unspecified atom stereocenters. The third-order valence-corrected chi connectivity index (χ3v) is 4.74. The molecule has 1 N–H and O–H groups in total. The number of esters is 1. The summed E-state index contributed by atoms with van der Waals surface area (Å²) in [7, 11) is 1.41. The highest BCUT2D eigenvalue weighted by Crippen LogP contribution is 2.36. The second-order valence-electron chi connectivity index (χ2n) is 6.23. The highest BCUT2D eigenvalue weighted by Gasteiger charge is 2.26. The molecule has 24 heavy (non-hydrogen) atoms. The standard InChI is InChI=1S/C20H19NO3/c1-23-20(22)18-12-16-14(7-8-17(16)21-18)10-13-4-2-5-15(11-13)19-6-3-9-24-19/h2-6,9,11-12,14,21H,7-8,10H2,1H3. The fraction of sp³-hybridized carbons (Fsp3) is 0.250. The van der Waals surface area contributed by atoms with Crippen molar-refractivity contribution in [2.75, 3.05) is 7.11 Å². The fourth-order valence-electron chi connectivity index (χ4n) is 3.57. The summed E-state index contributed by atoms with van der Waals surface area (Å²) in [5, 5.41) is 0. The third kappa shape index (κ3) is 2.64. The van der Waals surface area contributed by atoms with Crippen LogP contribution in [0.3, 0.4) is 0 Å². The minimum Gasteiger partial charge on any atom is -0.464 e. The maximum Gasteiger partial charge on any atom is 0.354 e. The number of carbonyl (C=O) groups is 1. The number of benzene rings is 1. The molecule has 0 amide bonds. The van der Waals surface area contributed by atoms with Crippen molar-refractivity contribution in [2.45, 2.75) is 25.2 Å². The van der Waals surface area contributed by atoms with E-state index in [1.165, 1.54) is 23.9 Å². The smallest absolute Gasteiger partial charge is 0.354 e.